The second-order valence-electron chi connectivity index (χ2n) is 12.3. The average Bonchev–Trinajstić information content (AvgIpc) is 3.15. The number of rotatable bonds is 6. The Hall–Kier alpha value is -6.38. The Balaban J connectivity index is 1.14. The Bertz CT molecular complexity index is 2370. The van der Waals surface area contributed by atoms with Gasteiger partial charge >= 0.3 is 0 Å². The van der Waals surface area contributed by atoms with E-state index in [1.54, 1.807) is 0 Å². The van der Waals surface area contributed by atoms with Crippen LogP contribution in [0.5, 0.6) is 0 Å². The van der Waals surface area contributed by atoms with Crippen LogP contribution >= 0.6 is 0 Å². The van der Waals surface area contributed by atoms with E-state index in [9.17, 15) is 0 Å². The maximum Gasteiger partial charge on any atom is 0.0468 e. The second kappa shape index (κ2) is 11.8. The van der Waals surface area contributed by atoms with Crippen molar-refractivity contribution in [3.8, 4) is 0 Å². The predicted molar refractivity (Wildman–Crippen MR) is 206 cm³/mol. The first kappa shape index (κ1) is 27.9. The van der Waals surface area contributed by atoms with Crippen LogP contribution in [0.4, 0.5) is 34.1 Å². The zero-order valence-corrected chi connectivity index (χ0v) is 26.4. The summed E-state index contributed by atoms with van der Waals surface area (Å²) in [6.45, 7) is 0. The Kier molecular flexibility index (Phi) is 6.84. The molecule has 0 spiro atoms. The van der Waals surface area contributed by atoms with E-state index in [1.807, 2.05) is 0 Å². The van der Waals surface area contributed by atoms with Crippen LogP contribution in [0.25, 0.3) is 43.1 Å². The molecule has 9 aromatic carbocycles. The van der Waals surface area contributed by atoms with Crippen LogP contribution < -0.4 is 9.80 Å². The van der Waals surface area contributed by atoms with Gasteiger partial charge in [-0.3, -0.25) is 0 Å². The topological polar surface area (TPSA) is 6.48 Å². The highest BCUT2D eigenvalue weighted by atomic mass is 15.2. The minimum absolute atomic E-state index is 1.10. The lowest BCUT2D eigenvalue weighted by Crippen LogP contribution is -2.12. The van der Waals surface area contributed by atoms with Crippen LogP contribution in [-0.4, -0.2) is 0 Å². The first-order chi connectivity index (χ1) is 23.8. The quantitative estimate of drug-likeness (QED) is 0.172. The Morgan fingerprint density at radius 2 is 0.458 bits per heavy atom. The summed E-state index contributed by atoms with van der Waals surface area (Å²) in [5.41, 5.74) is 6.68. The summed E-state index contributed by atoms with van der Waals surface area (Å²) in [4.78, 5) is 4.68. The SMILES string of the molecule is c1ccc(N(c2ccc(N(c3ccccc3)c3ccc4cc5ccccc5cc4c3)cc2)c2ccc3cc4ccccc4cc3c2)cc1. The minimum atomic E-state index is 1.10. The fourth-order valence-corrected chi connectivity index (χ4v) is 6.93. The van der Waals surface area contributed by atoms with Crippen molar-refractivity contribution in [2.45, 2.75) is 0 Å². The maximum absolute atomic E-state index is 2.34. The molecule has 48 heavy (non-hydrogen) atoms. The zero-order chi connectivity index (χ0) is 31.9. The molecular formula is C46H32N2. The van der Waals surface area contributed by atoms with Gasteiger partial charge in [0, 0.05) is 34.1 Å². The molecule has 226 valence electrons. The van der Waals surface area contributed by atoms with Crippen molar-refractivity contribution in [2.24, 2.45) is 0 Å². The summed E-state index contributed by atoms with van der Waals surface area (Å²) in [6.07, 6.45) is 0. The van der Waals surface area contributed by atoms with Gasteiger partial charge in [0.1, 0.15) is 0 Å². The lowest BCUT2D eigenvalue weighted by Gasteiger charge is -2.28. The third-order valence-electron chi connectivity index (χ3n) is 9.29. The van der Waals surface area contributed by atoms with Crippen molar-refractivity contribution in [3.05, 3.63) is 194 Å². The van der Waals surface area contributed by atoms with Crippen LogP contribution in [-0.2, 0) is 0 Å². The smallest absolute Gasteiger partial charge is 0.0468 e. The molecule has 2 heteroatoms. The van der Waals surface area contributed by atoms with Crippen molar-refractivity contribution in [2.75, 3.05) is 9.80 Å². The van der Waals surface area contributed by atoms with Gasteiger partial charge in [0.05, 0.1) is 0 Å². The molecule has 0 aliphatic rings. The van der Waals surface area contributed by atoms with E-state index in [0.717, 1.165) is 34.1 Å². The monoisotopic (exact) mass is 612 g/mol. The Labute approximate surface area is 280 Å². The second-order valence-corrected chi connectivity index (χ2v) is 12.3. The Morgan fingerprint density at radius 3 is 0.833 bits per heavy atom. The molecule has 0 saturated heterocycles. The molecule has 9 rings (SSSR count). The number of fused-ring (bicyclic) bond motifs is 4. The summed E-state index contributed by atoms with van der Waals surface area (Å²) in [5, 5.41) is 9.95. The third-order valence-corrected chi connectivity index (χ3v) is 9.29. The predicted octanol–water partition coefficient (Wildman–Crippen LogP) is 13.2. The average molecular weight is 613 g/mol. The molecule has 0 N–H and O–H groups in total. The number of para-hydroxylation sites is 2. The first-order valence-corrected chi connectivity index (χ1v) is 16.4. The van der Waals surface area contributed by atoms with Gasteiger partial charge in [-0.05, 0) is 140 Å². The molecule has 0 heterocycles. The van der Waals surface area contributed by atoms with Gasteiger partial charge in [-0.25, -0.2) is 0 Å². The lowest BCUT2D eigenvalue weighted by atomic mass is 10.0. The molecule has 0 bridgehead atoms. The van der Waals surface area contributed by atoms with Gasteiger partial charge in [-0.1, -0.05) is 97.1 Å². The standard InChI is InChI=1S/C46H32N2/c1-3-15-41(16-4-1)47(45-21-19-37-27-33-11-7-9-13-35(33)29-39(37)31-45)43-23-25-44(26-24-43)48(42-17-5-2-6-18-42)46-22-20-38-28-34-12-8-10-14-36(34)30-40(38)32-46/h1-32H. The van der Waals surface area contributed by atoms with Crippen molar-refractivity contribution in [3.63, 3.8) is 0 Å². The molecule has 9 aromatic rings. The number of hydrogen-bond acceptors (Lipinski definition) is 2. The van der Waals surface area contributed by atoms with Crippen molar-refractivity contribution >= 4 is 77.2 Å². The molecule has 0 unspecified atom stereocenters. The molecule has 0 amide bonds. The van der Waals surface area contributed by atoms with Gasteiger partial charge in [0.15, 0.2) is 0 Å². The highest BCUT2D eigenvalue weighted by molar-refractivity contribution is 6.01. The van der Waals surface area contributed by atoms with E-state index in [1.165, 1.54) is 43.1 Å². The molecule has 0 saturated carbocycles. The van der Waals surface area contributed by atoms with Crippen LogP contribution in [0, 0.1) is 0 Å². The zero-order valence-electron chi connectivity index (χ0n) is 26.4. The van der Waals surface area contributed by atoms with E-state index in [0.29, 0.717) is 0 Å². The number of hydrogen-bond donors (Lipinski definition) is 0. The van der Waals surface area contributed by atoms with Crippen LogP contribution in [0.1, 0.15) is 0 Å². The maximum atomic E-state index is 2.34. The molecule has 0 fully saturated rings. The molecule has 2 nitrogen and oxygen atoms in total. The van der Waals surface area contributed by atoms with Crippen molar-refractivity contribution < 1.29 is 0 Å². The molecule has 0 aliphatic carbocycles. The van der Waals surface area contributed by atoms with Crippen molar-refractivity contribution in [1.82, 2.24) is 0 Å². The number of anilines is 6. The lowest BCUT2D eigenvalue weighted by molar-refractivity contribution is 1.26. The molecule has 0 aliphatic heterocycles. The Morgan fingerprint density at radius 1 is 0.188 bits per heavy atom. The summed E-state index contributed by atoms with van der Waals surface area (Å²) < 4.78 is 0. The molecule has 0 radical (unpaired) electrons. The summed E-state index contributed by atoms with van der Waals surface area (Å²) >= 11 is 0. The largest absolute Gasteiger partial charge is 0.310 e. The number of nitrogens with zero attached hydrogens (tertiary/aromatic N) is 2. The molecular weight excluding hydrogens is 581 g/mol. The minimum Gasteiger partial charge on any atom is -0.310 e. The van der Waals surface area contributed by atoms with E-state index < -0.39 is 0 Å². The number of benzene rings is 9. The van der Waals surface area contributed by atoms with E-state index in [-0.39, 0.29) is 0 Å². The van der Waals surface area contributed by atoms with Gasteiger partial charge < -0.3 is 9.80 Å². The highest BCUT2D eigenvalue weighted by Crippen LogP contribution is 2.41. The van der Waals surface area contributed by atoms with Gasteiger partial charge in [0.2, 0.25) is 0 Å². The van der Waals surface area contributed by atoms with E-state index in [4.69, 9.17) is 0 Å². The third kappa shape index (κ3) is 5.10. The molecule has 0 aromatic heterocycles. The highest BCUT2D eigenvalue weighted by Gasteiger charge is 2.17. The fourth-order valence-electron chi connectivity index (χ4n) is 6.93. The van der Waals surface area contributed by atoms with E-state index in [2.05, 4.69) is 204 Å². The molecule has 0 atom stereocenters. The summed E-state index contributed by atoms with van der Waals surface area (Å²) in [5.74, 6) is 0. The fraction of sp³-hybridized carbons (Fsp3) is 0. The van der Waals surface area contributed by atoms with Crippen LogP contribution in [0.2, 0.25) is 0 Å². The van der Waals surface area contributed by atoms with Crippen molar-refractivity contribution in [1.29, 1.82) is 0 Å². The van der Waals surface area contributed by atoms with Gasteiger partial charge in [-0.15, -0.1) is 0 Å². The van der Waals surface area contributed by atoms with Crippen LogP contribution in [0.15, 0.2) is 194 Å². The van der Waals surface area contributed by atoms with Crippen LogP contribution in [0.3, 0.4) is 0 Å². The van der Waals surface area contributed by atoms with E-state index >= 15 is 0 Å². The normalized spacial score (nSPS) is 11.3. The van der Waals surface area contributed by atoms with Gasteiger partial charge in [-0.2, -0.15) is 0 Å². The summed E-state index contributed by atoms with van der Waals surface area (Å²) in [6, 6.07) is 70.0. The van der Waals surface area contributed by atoms with Gasteiger partial charge in [0.25, 0.3) is 0 Å². The summed E-state index contributed by atoms with van der Waals surface area (Å²) in [7, 11) is 0. The first-order valence-electron chi connectivity index (χ1n) is 16.4.